The van der Waals surface area contributed by atoms with Crippen molar-refractivity contribution in [1.29, 1.82) is 0 Å². The zero-order valence-electron chi connectivity index (χ0n) is 9.78. The molecule has 0 spiro atoms. The van der Waals surface area contributed by atoms with Crippen molar-refractivity contribution in [3.05, 3.63) is 7.43 Å². The summed E-state index contributed by atoms with van der Waals surface area (Å²) >= 11 is 7.69. The molecule has 4 nitrogen and oxygen atoms in total. The van der Waals surface area contributed by atoms with Gasteiger partial charge in [-0.15, -0.1) is 0 Å². The maximum atomic E-state index is 10.6. The molecule has 0 aromatic heterocycles. The minimum absolute atomic E-state index is 0. The van der Waals surface area contributed by atoms with Gasteiger partial charge >= 0.3 is 0 Å². The van der Waals surface area contributed by atoms with E-state index < -0.39 is 24.6 Å². The summed E-state index contributed by atoms with van der Waals surface area (Å²) in [5, 5.41) is 0. The topological polar surface area (TPSA) is 58.2 Å². The zero-order valence-corrected chi connectivity index (χ0v) is 13.7. The predicted octanol–water partition coefficient (Wildman–Crippen LogP) is -0.475. The van der Waals surface area contributed by atoms with Gasteiger partial charge in [-0.3, -0.25) is 0 Å². The molecule has 82 valence electrons. The molecule has 0 aliphatic rings. The van der Waals surface area contributed by atoms with Crippen molar-refractivity contribution in [3.63, 3.8) is 0 Å². The van der Waals surface area contributed by atoms with Crippen LogP contribution in [0.5, 0.6) is 0 Å². The Bertz CT molecular complexity index is 203. The summed E-state index contributed by atoms with van der Waals surface area (Å²) in [6, 6.07) is -1.58. The Labute approximate surface area is 122 Å². The number of hydrazine groups is 1. The molecule has 0 amide bonds. The van der Waals surface area contributed by atoms with E-state index in [9.17, 15) is 9.59 Å². The van der Waals surface area contributed by atoms with Crippen molar-refractivity contribution in [1.82, 2.24) is 10.9 Å². The Morgan fingerprint density at radius 3 is 1.57 bits per heavy atom. The van der Waals surface area contributed by atoms with Crippen LogP contribution in [0.3, 0.4) is 0 Å². The average Bonchev–Trinajstić information content (AvgIpc) is 2.11. The summed E-state index contributed by atoms with van der Waals surface area (Å²) in [6.07, 6.45) is -1.66. The SMILES string of the molecule is [3H]C(=O)[C@H](CS)NN[C@@H](CS)C([3H])=O.[CH3-].[U]. The van der Waals surface area contributed by atoms with Gasteiger partial charge in [0.05, 0.1) is 12.1 Å². The molecule has 14 heavy (non-hydrogen) atoms. The molecule has 0 aliphatic heterocycles. The van der Waals surface area contributed by atoms with E-state index in [1.807, 2.05) is 0 Å². The second kappa shape index (κ2) is 14.0. The van der Waals surface area contributed by atoms with E-state index in [4.69, 9.17) is 2.74 Å². The van der Waals surface area contributed by atoms with Crippen LogP contribution >= 0.6 is 25.3 Å². The van der Waals surface area contributed by atoms with Crippen molar-refractivity contribution in [2.24, 2.45) is 0 Å². The first kappa shape index (κ1) is 15.0. The summed E-state index contributed by atoms with van der Waals surface area (Å²) in [4.78, 5) is 21.2. The minimum atomic E-state index is -0.831. The van der Waals surface area contributed by atoms with Crippen LogP contribution in [0.4, 0.5) is 0 Å². The number of rotatable bonds is 7. The minimum Gasteiger partial charge on any atom is -0.358 e. The number of carbonyl (C=O) groups is 2. The Morgan fingerprint density at radius 2 is 1.43 bits per heavy atom. The molecule has 0 unspecified atom stereocenters. The third-order valence-electron chi connectivity index (χ3n) is 1.08. The number of carbonyl (C=O) groups excluding carboxylic acids is 2. The normalized spacial score (nSPS) is 15.0. The van der Waals surface area contributed by atoms with Crippen molar-refractivity contribution >= 4 is 37.8 Å². The van der Waals surface area contributed by atoms with Crippen molar-refractivity contribution < 1.29 is 43.4 Å². The molecule has 2 atom stereocenters. The molecule has 0 heterocycles. The van der Waals surface area contributed by atoms with E-state index in [2.05, 4.69) is 36.1 Å². The van der Waals surface area contributed by atoms with Gasteiger partial charge < -0.3 is 17.0 Å². The van der Waals surface area contributed by atoms with Crippen molar-refractivity contribution in [3.8, 4) is 0 Å². The van der Waals surface area contributed by atoms with E-state index in [-0.39, 0.29) is 50.0 Å². The quantitative estimate of drug-likeness (QED) is 0.178. The summed E-state index contributed by atoms with van der Waals surface area (Å²) in [6.45, 7) is 0. The van der Waals surface area contributed by atoms with Gasteiger partial charge in [0.2, 0.25) is 0 Å². The van der Waals surface area contributed by atoms with E-state index in [0.717, 1.165) is 0 Å². The Morgan fingerprint density at radius 1 is 1.14 bits per heavy atom. The molecule has 0 aromatic carbocycles. The Kier molecular flexibility index (Phi) is 15.0. The fourth-order valence-corrected chi connectivity index (χ4v) is 0.758. The second-order valence-corrected chi connectivity index (χ2v) is 2.72. The van der Waals surface area contributed by atoms with Crippen molar-refractivity contribution in [2.45, 2.75) is 12.1 Å². The molecule has 0 bridgehead atoms. The van der Waals surface area contributed by atoms with Crippen LogP contribution in [0.2, 0.25) is 0 Å². The molecule has 0 saturated carbocycles. The second-order valence-electron chi connectivity index (χ2n) is 1.99. The standard InChI is InChI=1S/C6H12N2O2S2.CH3.U/c9-1-5(3-11)7-8-6(2-10)4-12;;/h1-2,5-8,11-12H,3-4H2;1H3;/q;-1;/t5-,6-;;/m1../s1/i1T,2T;;. The monoisotopic (exact) mass is 465 g/mol. The number of aldehydes is 2. The summed E-state index contributed by atoms with van der Waals surface area (Å²) < 4.78 is 13.6. The largest absolute Gasteiger partial charge is 0.358 e. The third kappa shape index (κ3) is 9.56. The van der Waals surface area contributed by atoms with Gasteiger partial charge in [-0.05, 0) is 0 Å². The number of thiol groups is 2. The van der Waals surface area contributed by atoms with E-state index >= 15 is 0 Å². The molecule has 0 aromatic rings. The summed E-state index contributed by atoms with van der Waals surface area (Å²) in [5.74, 6) is 0.279. The maximum Gasteiger partial charge on any atom is 0.139 e. The van der Waals surface area contributed by atoms with Gasteiger partial charge in [0.1, 0.15) is 15.3 Å². The molecule has 0 radical (unpaired) electrons. The molecule has 7 heteroatoms. The molecule has 2 N–H and O–H groups in total. The molecular formula is C7H15N2O2S2U-. The first-order chi connectivity index (χ1) is 6.52. The van der Waals surface area contributed by atoms with E-state index in [1.165, 1.54) is 0 Å². The Balaban J connectivity index is -0.000000845. The van der Waals surface area contributed by atoms with Crippen LogP contribution in [0.15, 0.2) is 0 Å². The molecule has 0 aliphatic carbocycles. The van der Waals surface area contributed by atoms with Crippen LogP contribution < -0.4 is 10.9 Å². The zero-order chi connectivity index (χ0) is 11.1. The number of hydrogen-bond acceptors (Lipinski definition) is 6. The van der Waals surface area contributed by atoms with E-state index in [0.29, 0.717) is 0 Å². The molecular weight excluding hydrogens is 446 g/mol. The molecule has 0 fully saturated rings. The Hall–Kier alpha value is 1.01. The fourth-order valence-electron chi connectivity index (χ4n) is 0.426. The summed E-state index contributed by atoms with van der Waals surface area (Å²) in [7, 11) is 0. The van der Waals surface area contributed by atoms with Crippen LogP contribution in [-0.2, 0) is 9.59 Å². The molecule has 0 rings (SSSR count). The van der Waals surface area contributed by atoms with Gasteiger partial charge in [0.15, 0.2) is 0 Å². The maximum absolute atomic E-state index is 10.6. The average molecular weight is 465 g/mol. The van der Waals surface area contributed by atoms with Gasteiger partial charge in [-0.1, -0.05) is 0 Å². The van der Waals surface area contributed by atoms with E-state index in [1.54, 1.807) is 0 Å². The van der Waals surface area contributed by atoms with Gasteiger partial charge in [0, 0.05) is 42.6 Å². The third-order valence-corrected chi connectivity index (χ3v) is 1.81. The smallest absolute Gasteiger partial charge is 0.139 e. The number of hydrogen-bond donors (Lipinski definition) is 4. The predicted molar refractivity (Wildman–Crippen MR) is 60.1 cm³/mol. The number of nitrogens with one attached hydrogen (secondary N) is 2. The van der Waals surface area contributed by atoms with Gasteiger partial charge in [-0.25, -0.2) is 10.9 Å². The van der Waals surface area contributed by atoms with Crippen LogP contribution in [0, 0.1) is 38.5 Å². The van der Waals surface area contributed by atoms with Crippen LogP contribution in [-0.4, -0.2) is 36.1 Å². The summed E-state index contributed by atoms with van der Waals surface area (Å²) in [5.41, 5.74) is 4.90. The van der Waals surface area contributed by atoms with Gasteiger partial charge in [0.25, 0.3) is 0 Å². The van der Waals surface area contributed by atoms with Crippen LogP contribution in [0.1, 0.15) is 2.74 Å². The first-order valence-corrected chi connectivity index (χ1v) is 4.53. The van der Waals surface area contributed by atoms with Gasteiger partial charge in [-0.2, -0.15) is 25.3 Å². The van der Waals surface area contributed by atoms with Crippen molar-refractivity contribution in [2.75, 3.05) is 11.5 Å². The molecule has 0 saturated heterocycles. The van der Waals surface area contributed by atoms with Crippen LogP contribution in [0.25, 0.3) is 0 Å². The first-order valence-electron chi connectivity index (χ1n) is 4.26. The fraction of sp³-hybridized carbons (Fsp3) is 0.571.